The van der Waals surface area contributed by atoms with Crippen molar-refractivity contribution in [3.8, 4) is 0 Å². The number of aliphatic carboxylic acids is 1. The van der Waals surface area contributed by atoms with Gasteiger partial charge in [0, 0.05) is 23.6 Å². The van der Waals surface area contributed by atoms with Crippen LogP contribution in [0.2, 0.25) is 0 Å². The molecule has 0 unspecified atom stereocenters. The third-order valence-electron chi connectivity index (χ3n) is 2.96. The molecular weight excluding hydrogens is 404 g/mol. The topological polar surface area (TPSA) is 114 Å². The summed E-state index contributed by atoms with van der Waals surface area (Å²) in [6, 6.07) is 6.83. The van der Waals surface area contributed by atoms with Crippen molar-refractivity contribution in [1.29, 1.82) is 0 Å². The number of carbonyl (C=O) groups excluding carboxylic acids is 2. The smallest absolute Gasteiger partial charge is 0.431 e. The van der Waals surface area contributed by atoms with Crippen molar-refractivity contribution >= 4 is 39.6 Å². The number of hydroxylamine groups is 1. The molecule has 8 nitrogen and oxygen atoms in total. The molecule has 0 fully saturated rings. The van der Waals surface area contributed by atoms with Crippen molar-refractivity contribution in [2.24, 2.45) is 0 Å². The van der Waals surface area contributed by atoms with E-state index in [0.29, 0.717) is 23.6 Å². The fourth-order valence-electron chi connectivity index (χ4n) is 1.78. The van der Waals surface area contributed by atoms with Crippen LogP contribution >= 0.6 is 21.6 Å². The summed E-state index contributed by atoms with van der Waals surface area (Å²) in [5.41, 5.74) is 2.91. The molecule has 0 aliphatic rings. The normalized spacial score (nSPS) is 11.0. The van der Waals surface area contributed by atoms with Gasteiger partial charge in [0.1, 0.15) is 5.60 Å². The molecule has 2 amide bonds. The first kappa shape index (κ1) is 24.1. The molecule has 0 bridgehead atoms. The quantitative estimate of drug-likeness (QED) is 0.279. The van der Waals surface area contributed by atoms with Gasteiger partial charge in [0.2, 0.25) is 0 Å². The van der Waals surface area contributed by atoms with Gasteiger partial charge in [-0.3, -0.25) is 14.4 Å². The molecule has 1 rings (SSSR count). The molecule has 0 saturated heterocycles. The van der Waals surface area contributed by atoms with E-state index in [9.17, 15) is 14.4 Å². The van der Waals surface area contributed by atoms with E-state index >= 15 is 0 Å². The predicted molar refractivity (Wildman–Crippen MR) is 110 cm³/mol. The Labute approximate surface area is 172 Å². The minimum Gasteiger partial charge on any atom is -0.481 e. The molecule has 0 aliphatic carbocycles. The molecule has 156 valence electrons. The monoisotopic (exact) mass is 430 g/mol. The molecule has 0 aliphatic heterocycles. The molecule has 0 atom stereocenters. The van der Waals surface area contributed by atoms with E-state index in [1.54, 1.807) is 45.0 Å². The molecule has 3 N–H and O–H groups in total. The van der Waals surface area contributed by atoms with Crippen LogP contribution in [0, 0.1) is 0 Å². The lowest BCUT2D eigenvalue weighted by atomic mass is 10.1. The van der Waals surface area contributed by atoms with Crippen molar-refractivity contribution in [1.82, 2.24) is 10.8 Å². The highest BCUT2D eigenvalue weighted by molar-refractivity contribution is 8.76. The summed E-state index contributed by atoms with van der Waals surface area (Å²) in [5.74, 6) is 0.241. The third kappa shape index (κ3) is 11.7. The summed E-state index contributed by atoms with van der Waals surface area (Å²) in [6.45, 7) is 5.91. The molecule has 0 aromatic heterocycles. The lowest BCUT2D eigenvalue weighted by Crippen LogP contribution is -2.32. The van der Waals surface area contributed by atoms with E-state index in [1.165, 1.54) is 21.6 Å². The van der Waals surface area contributed by atoms with E-state index in [0.717, 1.165) is 5.56 Å². The minimum atomic E-state index is -0.809. The van der Waals surface area contributed by atoms with E-state index in [4.69, 9.17) is 14.7 Å². The Balaban J connectivity index is 2.23. The highest BCUT2D eigenvalue weighted by Crippen LogP contribution is 2.21. The molecule has 1 aromatic rings. The largest absolute Gasteiger partial charge is 0.481 e. The van der Waals surface area contributed by atoms with Crippen LogP contribution in [0.3, 0.4) is 0 Å². The number of nitrogens with one attached hydrogen (secondary N) is 2. The van der Waals surface area contributed by atoms with E-state index in [-0.39, 0.29) is 18.9 Å². The zero-order valence-electron chi connectivity index (χ0n) is 16.1. The fourth-order valence-corrected chi connectivity index (χ4v) is 3.67. The van der Waals surface area contributed by atoms with Crippen LogP contribution in [0.1, 0.15) is 43.1 Å². The van der Waals surface area contributed by atoms with Gasteiger partial charge in [0.25, 0.3) is 5.91 Å². The number of hydrogen-bond acceptors (Lipinski definition) is 7. The Kier molecular flexibility index (Phi) is 10.8. The van der Waals surface area contributed by atoms with Gasteiger partial charge < -0.3 is 15.2 Å². The van der Waals surface area contributed by atoms with Gasteiger partial charge in [-0.25, -0.2) is 4.79 Å². The number of rotatable bonds is 11. The lowest BCUT2D eigenvalue weighted by molar-refractivity contribution is -0.136. The Morgan fingerprint density at radius 2 is 1.71 bits per heavy atom. The zero-order valence-corrected chi connectivity index (χ0v) is 17.8. The number of hydrogen-bond donors (Lipinski definition) is 3. The maximum atomic E-state index is 12.1. The first-order chi connectivity index (χ1) is 13.2. The standard InChI is InChI=1S/C18H26N2O6S2/c1-18(2,3)26-17(24)20-25-12-13-4-6-14(7-5-13)16(23)19-9-11-28-27-10-8-15(21)22/h4-7H,8-12H2,1-3H3,(H,19,23)(H,20,24)(H,21,22). The Morgan fingerprint density at radius 1 is 1.07 bits per heavy atom. The molecule has 0 saturated carbocycles. The van der Waals surface area contributed by atoms with Crippen molar-refractivity contribution in [2.45, 2.75) is 39.4 Å². The van der Waals surface area contributed by atoms with Crippen LogP contribution in [0.5, 0.6) is 0 Å². The molecule has 0 spiro atoms. The van der Waals surface area contributed by atoms with Crippen molar-refractivity contribution in [2.75, 3.05) is 18.1 Å². The van der Waals surface area contributed by atoms with Crippen LogP contribution in [0.4, 0.5) is 4.79 Å². The number of ether oxygens (including phenoxy) is 1. The Hall–Kier alpha value is -1.91. The molecule has 10 heteroatoms. The van der Waals surface area contributed by atoms with Gasteiger partial charge in [0.15, 0.2) is 0 Å². The minimum absolute atomic E-state index is 0.132. The van der Waals surface area contributed by atoms with Crippen LogP contribution in [0.15, 0.2) is 24.3 Å². The van der Waals surface area contributed by atoms with Crippen LogP contribution < -0.4 is 10.8 Å². The van der Waals surface area contributed by atoms with Crippen molar-refractivity contribution < 1.29 is 29.1 Å². The number of carbonyl (C=O) groups is 3. The van der Waals surface area contributed by atoms with E-state index < -0.39 is 17.7 Å². The summed E-state index contributed by atoms with van der Waals surface area (Å²) >= 11 is 0. The second-order valence-electron chi connectivity index (χ2n) is 6.63. The predicted octanol–water partition coefficient (Wildman–Crippen LogP) is 3.23. The molecule has 0 radical (unpaired) electrons. The van der Waals surface area contributed by atoms with Gasteiger partial charge >= 0.3 is 12.1 Å². The Bertz CT molecular complexity index is 646. The number of amides is 2. The van der Waals surface area contributed by atoms with Gasteiger partial charge in [-0.15, -0.1) is 0 Å². The van der Waals surface area contributed by atoms with Crippen LogP contribution in [-0.2, 0) is 21.0 Å². The SMILES string of the molecule is CC(C)(C)OC(=O)NOCc1ccc(C(=O)NCCSSCCC(=O)O)cc1. The number of benzene rings is 1. The van der Waals surface area contributed by atoms with Gasteiger partial charge in [-0.2, -0.15) is 5.48 Å². The summed E-state index contributed by atoms with van der Waals surface area (Å²) in [5, 5.41) is 11.3. The lowest BCUT2D eigenvalue weighted by Gasteiger charge is -2.19. The van der Waals surface area contributed by atoms with Crippen molar-refractivity contribution in [3.63, 3.8) is 0 Å². The maximum Gasteiger partial charge on any atom is 0.431 e. The molecule has 1 aromatic carbocycles. The van der Waals surface area contributed by atoms with Gasteiger partial charge in [-0.05, 0) is 38.5 Å². The second kappa shape index (κ2) is 12.5. The molecule has 0 heterocycles. The van der Waals surface area contributed by atoms with Gasteiger partial charge in [-0.1, -0.05) is 33.7 Å². The Morgan fingerprint density at radius 3 is 2.32 bits per heavy atom. The highest BCUT2D eigenvalue weighted by Gasteiger charge is 2.16. The second-order valence-corrected chi connectivity index (χ2v) is 9.34. The molecular formula is C18H26N2O6S2. The zero-order chi connectivity index (χ0) is 21.0. The van der Waals surface area contributed by atoms with Crippen LogP contribution in [-0.4, -0.2) is 46.7 Å². The summed E-state index contributed by atoms with van der Waals surface area (Å²) in [4.78, 5) is 39.0. The van der Waals surface area contributed by atoms with E-state index in [2.05, 4.69) is 10.8 Å². The number of carboxylic acid groups (broad SMARTS) is 1. The highest BCUT2D eigenvalue weighted by atomic mass is 33.1. The van der Waals surface area contributed by atoms with Gasteiger partial charge in [0.05, 0.1) is 13.0 Å². The first-order valence-corrected chi connectivity index (χ1v) is 11.1. The summed E-state index contributed by atoms with van der Waals surface area (Å²) in [6.07, 6.45) is -0.532. The average molecular weight is 431 g/mol. The number of carboxylic acids is 1. The van der Waals surface area contributed by atoms with Crippen molar-refractivity contribution in [3.05, 3.63) is 35.4 Å². The van der Waals surface area contributed by atoms with Crippen LogP contribution in [0.25, 0.3) is 0 Å². The fraction of sp³-hybridized carbons (Fsp3) is 0.500. The molecule has 28 heavy (non-hydrogen) atoms. The first-order valence-electron chi connectivity index (χ1n) is 8.61. The summed E-state index contributed by atoms with van der Waals surface area (Å²) < 4.78 is 5.05. The third-order valence-corrected chi connectivity index (χ3v) is 5.37. The van der Waals surface area contributed by atoms with E-state index in [1.807, 2.05) is 0 Å². The summed E-state index contributed by atoms with van der Waals surface area (Å²) in [7, 11) is 3.00. The average Bonchev–Trinajstić information content (AvgIpc) is 2.59. The maximum absolute atomic E-state index is 12.1.